The van der Waals surface area contributed by atoms with Gasteiger partial charge in [-0.15, -0.1) is 0 Å². The average Bonchev–Trinajstić information content (AvgIpc) is 2.79. The fourth-order valence-corrected chi connectivity index (χ4v) is 4.11. The van der Waals surface area contributed by atoms with Crippen LogP contribution in [0.5, 0.6) is 5.75 Å². The van der Waals surface area contributed by atoms with Crippen molar-refractivity contribution in [2.75, 3.05) is 40.3 Å². The Balaban J connectivity index is 0.00000648. The molecule has 0 saturated carbocycles. The Bertz CT molecular complexity index is 1030. The third-order valence-electron chi connectivity index (χ3n) is 6.15. The van der Waals surface area contributed by atoms with Gasteiger partial charge in [-0.2, -0.15) is 0 Å². The summed E-state index contributed by atoms with van der Waals surface area (Å²) in [6.45, 7) is 9.16. The average molecular weight is 566 g/mol. The molecule has 0 spiro atoms. The lowest BCUT2D eigenvalue weighted by Crippen LogP contribution is -3.00. The van der Waals surface area contributed by atoms with Gasteiger partial charge in [0.05, 0.1) is 27.2 Å². The Morgan fingerprint density at radius 3 is 2.47 bits per heavy atom. The maximum absolute atomic E-state index is 12.2. The number of hydrogen-bond donors (Lipinski definition) is 1. The number of fused-ring (bicyclic) bond motifs is 1. The topological polar surface area (TPSA) is 68.5 Å². The third-order valence-corrected chi connectivity index (χ3v) is 6.15. The highest BCUT2D eigenvalue weighted by atomic mass is 79.9. The summed E-state index contributed by atoms with van der Waals surface area (Å²) in [5.41, 5.74) is 2.38. The van der Waals surface area contributed by atoms with Gasteiger partial charge in [0.1, 0.15) is 11.3 Å². The standard InChI is InChI=1S/C29H44N2O4.BrH/c1-6-7-8-10-19-30-27(32)22-31(4,5)20-11-9-12-21-34-26-17-14-24-15-18-28(33)35-29(24)25(26)16-13-23(2)3;/h13-15,17-18H,6-12,16,19-22H2,1-5H3;1H. The summed E-state index contributed by atoms with van der Waals surface area (Å²) < 4.78 is 12.3. The number of amides is 1. The Morgan fingerprint density at radius 2 is 1.75 bits per heavy atom. The van der Waals surface area contributed by atoms with E-state index >= 15 is 0 Å². The summed E-state index contributed by atoms with van der Waals surface area (Å²) in [5.74, 6) is 0.915. The second kappa shape index (κ2) is 16.6. The zero-order valence-corrected chi connectivity index (χ0v) is 24.4. The van der Waals surface area contributed by atoms with Crippen LogP contribution in [0.2, 0.25) is 0 Å². The predicted octanol–water partition coefficient (Wildman–Crippen LogP) is 2.63. The van der Waals surface area contributed by atoms with Gasteiger partial charge in [0, 0.05) is 23.6 Å². The molecule has 7 heteroatoms. The minimum Gasteiger partial charge on any atom is -1.00 e. The van der Waals surface area contributed by atoms with Crippen LogP contribution in [0, 0.1) is 0 Å². The van der Waals surface area contributed by atoms with Gasteiger partial charge in [-0.1, -0.05) is 37.8 Å². The fourth-order valence-electron chi connectivity index (χ4n) is 4.11. The molecule has 0 radical (unpaired) electrons. The first-order valence-electron chi connectivity index (χ1n) is 13.1. The van der Waals surface area contributed by atoms with Crippen molar-refractivity contribution < 1.29 is 35.4 Å². The number of nitrogens with one attached hydrogen (secondary N) is 1. The highest BCUT2D eigenvalue weighted by Gasteiger charge is 2.19. The van der Waals surface area contributed by atoms with Crippen molar-refractivity contribution in [1.82, 2.24) is 5.32 Å². The van der Waals surface area contributed by atoms with Crippen molar-refractivity contribution in [1.29, 1.82) is 0 Å². The predicted molar refractivity (Wildman–Crippen MR) is 144 cm³/mol. The molecular formula is C29H45BrN2O4. The number of ether oxygens (including phenoxy) is 1. The first-order chi connectivity index (χ1) is 16.7. The molecule has 2 aromatic rings. The second-order valence-electron chi connectivity index (χ2n) is 10.3. The minimum atomic E-state index is -0.348. The molecule has 1 amide bonds. The molecule has 0 aliphatic rings. The molecule has 1 aromatic heterocycles. The Morgan fingerprint density at radius 1 is 1.03 bits per heavy atom. The summed E-state index contributed by atoms with van der Waals surface area (Å²) in [6, 6.07) is 7.15. The fraction of sp³-hybridized carbons (Fsp3) is 0.586. The second-order valence-corrected chi connectivity index (χ2v) is 10.3. The quantitative estimate of drug-likeness (QED) is 0.147. The zero-order chi connectivity index (χ0) is 25.7. The van der Waals surface area contributed by atoms with E-state index in [4.69, 9.17) is 9.15 Å². The van der Waals surface area contributed by atoms with Crippen molar-refractivity contribution in [3.05, 3.63) is 51.9 Å². The number of allylic oxidation sites excluding steroid dienone is 2. The first kappa shape index (κ1) is 31.9. The molecule has 202 valence electrons. The van der Waals surface area contributed by atoms with Crippen molar-refractivity contribution >= 4 is 16.9 Å². The molecule has 36 heavy (non-hydrogen) atoms. The van der Waals surface area contributed by atoms with Gasteiger partial charge >= 0.3 is 5.63 Å². The Hall–Kier alpha value is -2.12. The molecule has 1 N–H and O–H groups in total. The van der Waals surface area contributed by atoms with Crippen molar-refractivity contribution in [3.63, 3.8) is 0 Å². The van der Waals surface area contributed by atoms with Gasteiger partial charge in [-0.25, -0.2) is 4.79 Å². The van der Waals surface area contributed by atoms with E-state index in [1.807, 2.05) is 12.1 Å². The highest BCUT2D eigenvalue weighted by molar-refractivity contribution is 5.82. The number of rotatable bonds is 16. The van der Waals surface area contributed by atoms with E-state index in [0.29, 0.717) is 29.6 Å². The number of carbonyl (C=O) groups excluding carboxylic acids is 1. The van der Waals surface area contributed by atoms with Crippen molar-refractivity contribution in [2.24, 2.45) is 0 Å². The van der Waals surface area contributed by atoms with Crippen molar-refractivity contribution in [3.8, 4) is 5.75 Å². The molecule has 2 rings (SSSR count). The summed E-state index contributed by atoms with van der Waals surface area (Å²) >= 11 is 0. The highest BCUT2D eigenvalue weighted by Crippen LogP contribution is 2.28. The van der Waals surface area contributed by atoms with Crippen LogP contribution in [0.25, 0.3) is 11.0 Å². The summed E-state index contributed by atoms with van der Waals surface area (Å²) in [7, 11) is 4.23. The molecule has 0 atom stereocenters. The smallest absolute Gasteiger partial charge is 0.336 e. The van der Waals surface area contributed by atoms with E-state index in [1.165, 1.54) is 30.9 Å². The molecule has 1 aromatic carbocycles. The number of quaternary nitrogens is 1. The van der Waals surface area contributed by atoms with E-state index in [0.717, 1.165) is 55.5 Å². The maximum atomic E-state index is 12.2. The molecule has 0 bridgehead atoms. The van der Waals surface area contributed by atoms with Crippen LogP contribution in [-0.4, -0.2) is 50.7 Å². The molecule has 0 saturated heterocycles. The number of carbonyl (C=O) groups is 1. The van der Waals surface area contributed by atoms with Crippen LogP contribution in [0.1, 0.15) is 71.3 Å². The van der Waals surface area contributed by atoms with Crippen LogP contribution < -0.4 is 32.7 Å². The number of likely N-dealkylation sites (N-methyl/N-ethyl adjacent to an activating group) is 1. The van der Waals surface area contributed by atoms with E-state index < -0.39 is 0 Å². The first-order valence-corrected chi connectivity index (χ1v) is 13.1. The van der Waals surface area contributed by atoms with Crippen LogP contribution in [0.15, 0.2) is 45.1 Å². The molecule has 0 aliphatic carbocycles. The minimum absolute atomic E-state index is 0. The third kappa shape index (κ3) is 11.7. The monoisotopic (exact) mass is 564 g/mol. The number of benzene rings is 1. The summed E-state index contributed by atoms with van der Waals surface area (Å²) in [6.07, 6.45) is 10.5. The van der Waals surface area contributed by atoms with E-state index in [-0.39, 0.29) is 28.5 Å². The van der Waals surface area contributed by atoms with Crippen LogP contribution >= 0.6 is 0 Å². The van der Waals surface area contributed by atoms with Gasteiger partial charge in [-0.3, -0.25) is 4.79 Å². The summed E-state index contributed by atoms with van der Waals surface area (Å²) in [4.78, 5) is 24.1. The van der Waals surface area contributed by atoms with E-state index in [9.17, 15) is 9.59 Å². The number of halogens is 1. The molecule has 0 unspecified atom stereocenters. The molecule has 1 heterocycles. The molecule has 0 aliphatic heterocycles. The largest absolute Gasteiger partial charge is 1.00 e. The summed E-state index contributed by atoms with van der Waals surface area (Å²) in [5, 5.41) is 3.96. The number of hydrogen-bond acceptors (Lipinski definition) is 4. The lowest BCUT2D eigenvalue weighted by Gasteiger charge is -2.29. The Kier molecular flexibility index (Phi) is 14.7. The van der Waals surface area contributed by atoms with E-state index in [1.54, 1.807) is 6.07 Å². The number of nitrogens with zero attached hydrogens (tertiary/aromatic N) is 1. The molecule has 6 nitrogen and oxygen atoms in total. The number of unbranched alkanes of at least 4 members (excludes halogenated alkanes) is 5. The molecular weight excluding hydrogens is 520 g/mol. The van der Waals surface area contributed by atoms with Gasteiger partial charge < -0.3 is 35.9 Å². The van der Waals surface area contributed by atoms with Gasteiger partial charge in [0.25, 0.3) is 5.91 Å². The maximum Gasteiger partial charge on any atom is 0.336 e. The Labute approximate surface area is 227 Å². The van der Waals surface area contributed by atoms with Crippen LogP contribution in [0.3, 0.4) is 0 Å². The molecule has 0 fully saturated rings. The van der Waals surface area contributed by atoms with Gasteiger partial charge in [-0.05, 0) is 64.2 Å². The normalized spacial score (nSPS) is 11.1. The lowest BCUT2D eigenvalue weighted by molar-refractivity contribution is -0.882. The van der Waals surface area contributed by atoms with E-state index in [2.05, 4.69) is 46.3 Å². The van der Waals surface area contributed by atoms with Crippen molar-refractivity contribution in [2.45, 2.75) is 72.1 Å². The lowest BCUT2D eigenvalue weighted by atomic mass is 10.1. The zero-order valence-electron chi connectivity index (χ0n) is 22.8. The van der Waals surface area contributed by atoms with Crippen LogP contribution in [-0.2, 0) is 11.2 Å². The van der Waals surface area contributed by atoms with Gasteiger partial charge in [0.15, 0.2) is 6.54 Å². The SMILES string of the molecule is CCCCCCNC(=O)C[N+](C)(C)CCCCCOc1ccc2ccc(=O)oc2c1CC=C(C)C.[Br-]. The van der Waals surface area contributed by atoms with Gasteiger partial charge in [0.2, 0.25) is 0 Å². The van der Waals surface area contributed by atoms with Crippen LogP contribution in [0.4, 0.5) is 0 Å².